The van der Waals surface area contributed by atoms with Crippen LogP contribution in [0.4, 0.5) is 0 Å². The normalized spacial score (nSPS) is 10.2. The summed E-state index contributed by atoms with van der Waals surface area (Å²) in [6, 6.07) is 11.1. The summed E-state index contributed by atoms with van der Waals surface area (Å²) in [4.78, 5) is 10.7. The van der Waals surface area contributed by atoms with Crippen molar-refractivity contribution in [3.63, 3.8) is 0 Å². The second-order valence-electron chi connectivity index (χ2n) is 3.55. The molecule has 0 aliphatic carbocycles. The van der Waals surface area contributed by atoms with Gasteiger partial charge in [0.2, 0.25) is 0 Å². The summed E-state index contributed by atoms with van der Waals surface area (Å²) < 4.78 is 0. The fourth-order valence-electron chi connectivity index (χ4n) is 1.53. The molecule has 4 heteroatoms. The average Bonchev–Trinajstić information content (AvgIpc) is 2.29. The summed E-state index contributed by atoms with van der Waals surface area (Å²) in [5, 5.41) is 18.4. The van der Waals surface area contributed by atoms with E-state index in [4.69, 9.17) is 16.7 Å². The zero-order valence-electron chi connectivity index (χ0n) is 8.72. The van der Waals surface area contributed by atoms with Crippen molar-refractivity contribution in [2.75, 3.05) is 0 Å². The van der Waals surface area contributed by atoms with Gasteiger partial charge in [-0.25, -0.2) is 4.79 Å². The minimum atomic E-state index is -0.964. The van der Waals surface area contributed by atoms with Gasteiger partial charge in [-0.15, -0.1) is 0 Å². The summed E-state index contributed by atoms with van der Waals surface area (Å²) in [6.45, 7) is 0. The molecule has 0 atom stereocenters. The number of hydrogen-bond donors (Lipinski definition) is 2. The molecule has 0 bridgehead atoms. The van der Waals surface area contributed by atoms with Gasteiger partial charge >= 0.3 is 5.97 Å². The fraction of sp³-hybridized carbons (Fsp3) is 0. The van der Waals surface area contributed by atoms with Crippen LogP contribution in [0.15, 0.2) is 42.5 Å². The molecule has 3 nitrogen and oxygen atoms in total. The van der Waals surface area contributed by atoms with Crippen molar-refractivity contribution < 1.29 is 15.0 Å². The highest BCUT2D eigenvalue weighted by Crippen LogP contribution is 2.30. The number of benzene rings is 2. The van der Waals surface area contributed by atoms with Gasteiger partial charge in [-0.2, -0.15) is 0 Å². The largest absolute Gasteiger partial charge is 0.508 e. The molecule has 2 rings (SSSR count). The standard InChI is InChI=1S/C13H9ClO3/c14-12-7-10(15)5-6-11(12)8-1-3-9(4-2-8)13(16)17/h1-7,15H,(H,16,17). The fourth-order valence-corrected chi connectivity index (χ4v) is 1.81. The molecule has 2 N–H and O–H groups in total. The lowest BCUT2D eigenvalue weighted by molar-refractivity contribution is 0.0697. The highest BCUT2D eigenvalue weighted by molar-refractivity contribution is 6.33. The van der Waals surface area contributed by atoms with Gasteiger partial charge in [-0.05, 0) is 35.9 Å². The van der Waals surface area contributed by atoms with Gasteiger partial charge in [0.05, 0.1) is 10.6 Å². The van der Waals surface area contributed by atoms with E-state index in [0.717, 1.165) is 11.1 Å². The lowest BCUT2D eigenvalue weighted by Gasteiger charge is -2.05. The number of hydrogen-bond acceptors (Lipinski definition) is 2. The molecule has 0 fully saturated rings. The van der Waals surface area contributed by atoms with Crippen molar-refractivity contribution in [1.82, 2.24) is 0 Å². The lowest BCUT2D eigenvalue weighted by Crippen LogP contribution is -1.94. The zero-order valence-corrected chi connectivity index (χ0v) is 9.48. The van der Waals surface area contributed by atoms with E-state index < -0.39 is 5.97 Å². The predicted molar refractivity (Wildman–Crippen MR) is 65.5 cm³/mol. The number of aromatic carboxylic acids is 1. The molecule has 0 saturated heterocycles. The van der Waals surface area contributed by atoms with Gasteiger partial charge in [0.25, 0.3) is 0 Å². The van der Waals surface area contributed by atoms with Crippen LogP contribution < -0.4 is 0 Å². The van der Waals surface area contributed by atoms with Crippen LogP contribution in [0.25, 0.3) is 11.1 Å². The first-order valence-electron chi connectivity index (χ1n) is 4.90. The Kier molecular flexibility index (Phi) is 3.02. The van der Waals surface area contributed by atoms with Gasteiger partial charge in [-0.3, -0.25) is 0 Å². The topological polar surface area (TPSA) is 57.5 Å². The average molecular weight is 249 g/mol. The van der Waals surface area contributed by atoms with Gasteiger partial charge in [-0.1, -0.05) is 23.7 Å². The molecular formula is C13H9ClO3. The SMILES string of the molecule is O=C(O)c1ccc(-c2ccc(O)cc2Cl)cc1. The van der Waals surface area contributed by atoms with Crippen molar-refractivity contribution >= 4 is 17.6 Å². The van der Waals surface area contributed by atoms with E-state index in [1.54, 1.807) is 18.2 Å². The number of carbonyl (C=O) groups is 1. The van der Waals surface area contributed by atoms with E-state index in [0.29, 0.717) is 5.02 Å². The molecule has 0 aromatic heterocycles. The first-order valence-corrected chi connectivity index (χ1v) is 5.28. The summed E-state index contributed by atoms with van der Waals surface area (Å²) in [6.07, 6.45) is 0. The Balaban J connectivity index is 2.43. The predicted octanol–water partition coefficient (Wildman–Crippen LogP) is 3.41. The molecule has 0 amide bonds. The van der Waals surface area contributed by atoms with Crippen molar-refractivity contribution in [3.8, 4) is 16.9 Å². The molecule has 0 spiro atoms. The number of phenols is 1. The van der Waals surface area contributed by atoms with Crippen molar-refractivity contribution in [2.24, 2.45) is 0 Å². The number of phenolic OH excluding ortho intramolecular Hbond substituents is 1. The van der Waals surface area contributed by atoms with Crippen LogP contribution in [0.2, 0.25) is 5.02 Å². The monoisotopic (exact) mass is 248 g/mol. The van der Waals surface area contributed by atoms with E-state index in [-0.39, 0.29) is 11.3 Å². The maximum Gasteiger partial charge on any atom is 0.335 e. The van der Waals surface area contributed by atoms with Crippen molar-refractivity contribution in [1.29, 1.82) is 0 Å². The van der Waals surface area contributed by atoms with E-state index in [1.807, 2.05) is 0 Å². The van der Waals surface area contributed by atoms with Gasteiger partial charge < -0.3 is 10.2 Å². The Morgan fingerprint density at radius 1 is 1.06 bits per heavy atom. The highest BCUT2D eigenvalue weighted by atomic mass is 35.5. The van der Waals surface area contributed by atoms with Crippen LogP contribution in [0, 0.1) is 0 Å². The quantitative estimate of drug-likeness (QED) is 0.856. The highest BCUT2D eigenvalue weighted by Gasteiger charge is 2.06. The molecule has 0 heterocycles. The Labute approximate surface area is 103 Å². The molecule has 0 saturated carbocycles. The second-order valence-corrected chi connectivity index (χ2v) is 3.95. The summed E-state index contributed by atoms with van der Waals surface area (Å²) in [5.74, 6) is -0.866. The maximum absolute atomic E-state index is 10.7. The minimum absolute atomic E-state index is 0.0981. The minimum Gasteiger partial charge on any atom is -0.508 e. The molecule has 0 aliphatic heterocycles. The number of rotatable bonds is 2. The van der Waals surface area contributed by atoms with Crippen molar-refractivity contribution in [3.05, 3.63) is 53.1 Å². The number of aromatic hydroxyl groups is 1. The smallest absolute Gasteiger partial charge is 0.335 e. The lowest BCUT2D eigenvalue weighted by atomic mass is 10.0. The summed E-state index contributed by atoms with van der Waals surface area (Å²) in [5.41, 5.74) is 1.78. The third-order valence-electron chi connectivity index (χ3n) is 2.40. The third kappa shape index (κ3) is 2.40. The van der Waals surface area contributed by atoms with Crippen molar-refractivity contribution in [2.45, 2.75) is 0 Å². The Morgan fingerprint density at radius 2 is 1.71 bits per heavy atom. The molecule has 17 heavy (non-hydrogen) atoms. The Hall–Kier alpha value is -2.00. The van der Waals surface area contributed by atoms with Crippen LogP contribution in [-0.4, -0.2) is 16.2 Å². The van der Waals surface area contributed by atoms with Crippen LogP contribution >= 0.6 is 11.6 Å². The Bertz CT molecular complexity index is 561. The van der Waals surface area contributed by atoms with Crippen LogP contribution in [-0.2, 0) is 0 Å². The first-order chi connectivity index (χ1) is 8.08. The maximum atomic E-state index is 10.7. The zero-order chi connectivity index (χ0) is 12.4. The van der Waals surface area contributed by atoms with Gasteiger partial charge in [0, 0.05) is 5.56 Å². The molecule has 0 unspecified atom stereocenters. The van der Waals surface area contributed by atoms with Gasteiger partial charge in [0.15, 0.2) is 0 Å². The molecule has 0 radical (unpaired) electrons. The van der Waals surface area contributed by atoms with E-state index in [9.17, 15) is 9.90 Å². The van der Waals surface area contributed by atoms with Crippen LogP contribution in [0.1, 0.15) is 10.4 Å². The summed E-state index contributed by atoms with van der Waals surface area (Å²) in [7, 11) is 0. The second kappa shape index (κ2) is 4.47. The molecule has 86 valence electrons. The number of carboxylic acid groups (broad SMARTS) is 1. The first kappa shape index (κ1) is 11.5. The van der Waals surface area contributed by atoms with E-state index in [1.165, 1.54) is 24.3 Å². The number of halogens is 1. The summed E-state index contributed by atoms with van der Waals surface area (Å²) >= 11 is 5.99. The van der Waals surface area contributed by atoms with E-state index >= 15 is 0 Å². The molecule has 2 aromatic rings. The molecule has 2 aromatic carbocycles. The van der Waals surface area contributed by atoms with Crippen LogP contribution in [0.5, 0.6) is 5.75 Å². The number of carboxylic acids is 1. The molecular weight excluding hydrogens is 240 g/mol. The van der Waals surface area contributed by atoms with E-state index in [2.05, 4.69) is 0 Å². The Morgan fingerprint density at radius 3 is 2.24 bits per heavy atom. The van der Waals surface area contributed by atoms with Crippen LogP contribution in [0.3, 0.4) is 0 Å². The third-order valence-corrected chi connectivity index (χ3v) is 2.71. The van der Waals surface area contributed by atoms with Gasteiger partial charge in [0.1, 0.15) is 5.75 Å². The molecule has 0 aliphatic rings.